The van der Waals surface area contributed by atoms with Crippen LogP contribution < -0.4 is 10.0 Å². The molecule has 0 aliphatic heterocycles. The molecule has 1 aromatic heterocycles. The molecule has 2 aromatic carbocycles. The molecule has 0 fully saturated rings. The Bertz CT molecular complexity index is 1130. The van der Waals surface area contributed by atoms with Crippen molar-refractivity contribution < 1.29 is 26.4 Å². The lowest BCUT2D eigenvalue weighted by Crippen LogP contribution is -2.26. The van der Waals surface area contributed by atoms with Gasteiger partial charge in [-0.15, -0.1) is 0 Å². The Hall–Kier alpha value is -3.24. The number of alkyl halides is 3. The topological polar surface area (TPSA) is 88.2 Å². The zero-order chi connectivity index (χ0) is 21.8. The summed E-state index contributed by atoms with van der Waals surface area (Å²) in [6, 6.07) is 13.3. The molecule has 0 spiro atoms. The first-order valence-electron chi connectivity index (χ1n) is 8.63. The third-order valence-electron chi connectivity index (χ3n) is 4.08. The van der Waals surface area contributed by atoms with E-state index in [1.807, 2.05) is 0 Å². The van der Waals surface area contributed by atoms with Crippen molar-refractivity contribution in [2.75, 3.05) is 5.32 Å². The molecule has 3 aromatic rings. The van der Waals surface area contributed by atoms with Crippen molar-refractivity contribution in [3.05, 3.63) is 89.7 Å². The standard InChI is InChI=1S/C20H16F3N3O3S/c21-20(22,23)17-5-1-2-6-18(17)30(28,29)25-12-14-7-9-15(10-8-14)19(27)26-16-4-3-11-24-13-16/h1-11,13,25H,12H2,(H,26,27). The number of amides is 1. The molecule has 156 valence electrons. The quantitative estimate of drug-likeness (QED) is 0.616. The molecule has 0 saturated carbocycles. The molecule has 10 heteroatoms. The van der Waals surface area contributed by atoms with Gasteiger partial charge in [0.15, 0.2) is 0 Å². The fourth-order valence-corrected chi connectivity index (χ4v) is 3.85. The van der Waals surface area contributed by atoms with Crippen molar-refractivity contribution in [3.8, 4) is 0 Å². The van der Waals surface area contributed by atoms with E-state index in [1.54, 1.807) is 18.3 Å². The molecule has 0 aliphatic carbocycles. The molecular formula is C20H16F3N3O3S. The number of hydrogen-bond acceptors (Lipinski definition) is 4. The van der Waals surface area contributed by atoms with Crippen molar-refractivity contribution in [2.45, 2.75) is 17.6 Å². The van der Waals surface area contributed by atoms with Crippen LogP contribution in [-0.4, -0.2) is 19.3 Å². The van der Waals surface area contributed by atoms with E-state index in [9.17, 15) is 26.4 Å². The number of halogens is 3. The van der Waals surface area contributed by atoms with Gasteiger partial charge in [-0.1, -0.05) is 24.3 Å². The Morgan fingerprint density at radius 2 is 1.67 bits per heavy atom. The second-order valence-electron chi connectivity index (χ2n) is 6.21. The van der Waals surface area contributed by atoms with Crippen LogP contribution in [0.2, 0.25) is 0 Å². The maximum absolute atomic E-state index is 13.1. The van der Waals surface area contributed by atoms with Crippen molar-refractivity contribution >= 4 is 21.6 Å². The summed E-state index contributed by atoms with van der Waals surface area (Å²) in [6.45, 7) is -0.237. The molecule has 2 N–H and O–H groups in total. The molecule has 0 unspecified atom stereocenters. The Kier molecular flexibility index (Phi) is 6.18. The highest BCUT2D eigenvalue weighted by Gasteiger charge is 2.36. The van der Waals surface area contributed by atoms with Crippen LogP contribution >= 0.6 is 0 Å². The average Bonchev–Trinajstić information content (AvgIpc) is 2.73. The number of benzene rings is 2. The number of nitrogens with one attached hydrogen (secondary N) is 2. The first kappa shape index (κ1) is 21.5. The minimum absolute atomic E-state index is 0.237. The number of nitrogens with zero attached hydrogens (tertiary/aromatic N) is 1. The Labute approximate surface area is 170 Å². The van der Waals surface area contributed by atoms with E-state index >= 15 is 0 Å². The summed E-state index contributed by atoms with van der Waals surface area (Å²) in [5.41, 5.74) is 0.0801. The number of carbonyl (C=O) groups is 1. The second kappa shape index (κ2) is 8.64. The highest BCUT2D eigenvalue weighted by Crippen LogP contribution is 2.33. The third kappa shape index (κ3) is 5.22. The number of anilines is 1. The van der Waals surface area contributed by atoms with Gasteiger partial charge in [0.1, 0.15) is 0 Å². The van der Waals surface area contributed by atoms with Gasteiger partial charge in [-0.2, -0.15) is 13.2 Å². The fraction of sp³-hybridized carbons (Fsp3) is 0.100. The molecule has 30 heavy (non-hydrogen) atoms. The first-order chi connectivity index (χ1) is 14.2. The van der Waals surface area contributed by atoms with Gasteiger partial charge in [-0.3, -0.25) is 9.78 Å². The maximum Gasteiger partial charge on any atom is 0.417 e. The maximum atomic E-state index is 13.1. The van der Waals surface area contributed by atoms with Gasteiger partial charge in [0.05, 0.1) is 22.3 Å². The molecule has 3 rings (SSSR count). The van der Waals surface area contributed by atoms with Gasteiger partial charge in [-0.05, 0) is 42.0 Å². The summed E-state index contributed by atoms with van der Waals surface area (Å²) < 4.78 is 66.1. The van der Waals surface area contributed by atoms with Crippen LogP contribution in [-0.2, 0) is 22.7 Å². The van der Waals surface area contributed by atoms with Crippen LogP contribution in [0.3, 0.4) is 0 Å². The molecular weight excluding hydrogens is 419 g/mol. The Balaban J connectivity index is 1.69. The predicted molar refractivity (Wildman–Crippen MR) is 104 cm³/mol. The number of hydrogen-bond donors (Lipinski definition) is 2. The summed E-state index contributed by atoms with van der Waals surface area (Å²) in [7, 11) is -4.40. The van der Waals surface area contributed by atoms with Crippen LogP contribution in [0.4, 0.5) is 18.9 Å². The van der Waals surface area contributed by atoms with Gasteiger partial charge < -0.3 is 5.32 Å². The van der Waals surface area contributed by atoms with Crippen LogP contribution in [0.5, 0.6) is 0 Å². The van der Waals surface area contributed by atoms with E-state index in [-0.39, 0.29) is 12.5 Å². The monoisotopic (exact) mass is 435 g/mol. The van der Waals surface area contributed by atoms with E-state index in [4.69, 9.17) is 0 Å². The molecule has 0 aliphatic rings. The van der Waals surface area contributed by atoms with Crippen LogP contribution in [0.25, 0.3) is 0 Å². The van der Waals surface area contributed by atoms with E-state index in [0.717, 1.165) is 12.1 Å². The van der Waals surface area contributed by atoms with E-state index < -0.39 is 26.7 Å². The van der Waals surface area contributed by atoms with Crippen LogP contribution in [0.1, 0.15) is 21.5 Å². The van der Waals surface area contributed by atoms with E-state index in [0.29, 0.717) is 22.9 Å². The van der Waals surface area contributed by atoms with Crippen molar-refractivity contribution in [3.63, 3.8) is 0 Å². The van der Waals surface area contributed by atoms with Gasteiger partial charge in [0.25, 0.3) is 5.91 Å². The van der Waals surface area contributed by atoms with Gasteiger partial charge in [0.2, 0.25) is 10.0 Å². The molecule has 0 saturated heterocycles. The Morgan fingerprint density at radius 1 is 0.967 bits per heavy atom. The number of aromatic nitrogens is 1. The molecule has 0 radical (unpaired) electrons. The molecule has 1 amide bonds. The predicted octanol–water partition coefficient (Wildman–Crippen LogP) is 3.83. The lowest BCUT2D eigenvalue weighted by atomic mass is 10.1. The Morgan fingerprint density at radius 3 is 2.30 bits per heavy atom. The van der Waals surface area contributed by atoms with Gasteiger partial charge >= 0.3 is 6.18 Å². The number of pyridine rings is 1. The van der Waals surface area contributed by atoms with E-state index in [1.165, 1.54) is 36.5 Å². The van der Waals surface area contributed by atoms with E-state index in [2.05, 4.69) is 15.0 Å². The number of rotatable bonds is 6. The highest BCUT2D eigenvalue weighted by atomic mass is 32.2. The summed E-state index contributed by atoms with van der Waals surface area (Å²) in [4.78, 5) is 15.2. The largest absolute Gasteiger partial charge is 0.417 e. The minimum atomic E-state index is -4.80. The zero-order valence-corrected chi connectivity index (χ0v) is 16.2. The molecule has 6 nitrogen and oxygen atoms in total. The van der Waals surface area contributed by atoms with Crippen molar-refractivity contribution in [2.24, 2.45) is 0 Å². The average molecular weight is 435 g/mol. The highest BCUT2D eigenvalue weighted by molar-refractivity contribution is 7.89. The lowest BCUT2D eigenvalue weighted by molar-refractivity contribution is -0.139. The summed E-state index contributed by atoms with van der Waals surface area (Å²) in [6.07, 6.45) is -1.74. The molecule has 0 bridgehead atoms. The summed E-state index contributed by atoms with van der Waals surface area (Å²) in [5.74, 6) is -0.380. The SMILES string of the molecule is O=C(Nc1cccnc1)c1ccc(CNS(=O)(=O)c2ccccc2C(F)(F)F)cc1. The first-order valence-corrected chi connectivity index (χ1v) is 10.1. The van der Waals surface area contributed by atoms with Crippen molar-refractivity contribution in [1.82, 2.24) is 9.71 Å². The van der Waals surface area contributed by atoms with Crippen LogP contribution in [0.15, 0.2) is 78.0 Å². The van der Waals surface area contributed by atoms with Gasteiger partial charge in [0, 0.05) is 18.3 Å². The van der Waals surface area contributed by atoms with Gasteiger partial charge in [-0.25, -0.2) is 13.1 Å². The third-order valence-corrected chi connectivity index (χ3v) is 5.54. The fourth-order valence-electron chi connectivity index (χ4n) is 2.61. The second-order valence-corrected chi connectivity index (χ2v) is 7.95. The number of sulfonamides is 1. The smallest absolute Gasteiger partial charge is 0.321 e. The zero-order valence-electron chi connectivity index (χ0n) is 15.3. The lowest BCUT2D eigenvalue weighted by Gasteiger charge is -2.14. The summed E-state index contributed by atoms with van der Waals surface area (Å²) in [5, 5.41) is 2.66. The van der Waals surface area contributed by atoms with Crippen LogP contribution in [0, 0.1) is 0 Å². The normalized spacial score (nSPS) is 11.8. The summed E-state index contributed by atoms with van der Waals surface area (Å²) >= 11 is 0. The minimum Gasteiger partial charge on any atom is -0.321 e. The van der Waals surface area contributed by atoms with Crippen molar-refractivity contribution in [1.29, 1.82) is 0 Å². The number of carbonyl (C=O) groups excluding carboxylic acids is 1. The molecule has 1 heterocycles. The molecule has 0 atom stereocenters.